The van der Waals surface area contributed by atoms with Gasteiger partial charge in [-0.1, -0.05) is 6.42 Å². The first-order valence-electron chi connectivity index (χ1n) is 8.16. The predicted molar refractivity (Wildman–Crippen MR) is 84.4 cm³/mol. The minimum atomic E-state index is 0.00113. The van der Waals surface area contributed by atoms with Crippen molar-refractivity contribution in [2.45, 2.75) is 39.5 Å². The van der Waals surface area contributed by atoms with Crippen LogP contribution < -0.4 is 10.6 Å². The van der Waals surface area contributed by atoms with E-state index >= 15 is 0 Å². The van der Waals surface area contributed by atoms with Crippen LogP contribution in [0.15, 0.2) is 12.3 Å². The molecule has 3 unspecified atom stereocenters. The highest BCUT2D eigenvalue weighted by Crippen LogP contribution is 2.47. The zero-order valence-electron chi connectivity index (χ0n) is 13.0. The van der Waals surface area contributed by atoms with E-state index in [4.69, 9.17) is 0 Å². The minimum absolute atomic E-state index is 0.00113. The molecule has 0 aromatic carbocycles. The largest absolute Gasteiger partial charge is 0.385 e. The number of fused-ring (bicyclic) bond motifs is 2. The molecule has 0 spiro atoms. The zero-order valence-corrected chi connectivity index (χ0v) is 13.0. The van der Waals surface area contributed by atoms with Gasteiger partial charge in [0.15, 0.2) is 0 Å². The summed E-state index contributed by atoms with van der Waals surface area (Å²) in [6.07, 6.45) is 7.14. The van der Waals surface area contributed by atoms with Gasteiger partial charge in [0.25, 0.3) is 5.91 Å². The molecule has 3 atom stereocenters. The van der Waals surface area contributed by atoms with E-state index in [0.29, 0.717) is 11.5 Å². The van der Waals surface area contributed by atoms with Crippen molar-refractivity contribution < 1.29 is 4.79 Å². The summed E-state index contributed by atoms with van der Waals surface area (Å²) >= 11 is 0. The number of carbonyl (C=O) groups is 1. The van der Waals surface area contributed by atoms with Crippen LogP contribution in [-0.2, 0) is 0 Å². The van der Waals surface area contributed by atoms with Crippen molar-refractivity contribution in [2.75, 3.05) is 18.4 Å². The number of hydrogen-bond donors (Lipinski definition) is 2. The molecule has 114 valence electrons. The summed E-state index contributed by atoms with van der Waals surface area (Å²) in [7, 11) is 0. The third-order valence-corrected chi connectivity index (χ3v) is 5.06. The third-order valence-electron chi connectivity index (χ3n) is 5.06. The van der Waals surface area contributed by atoms with Crippen molar-refractivity contribution in [3.05, 3.63) is 23.5 Å². The van der Waals surface area contributed by atoms with Crippen LogP contribution in [0.25, 0.3) is 0 Å². The van der Waals surface area contributed by atoms with Crippen molar-refractivity contribution in [2.24, 2.45) is 17.8 Å². The molecule has 1 aromatic rings. The fourth-order valence-corrected chi connectivity index (χ4v) is 4.02. The van der Waals surface area contributed by atoms with Gasteiger partial charge in [0.2, 0.25) is 0 Å². The predicted octanol–water partition coefficient (Wildman–Crippen LogP) is 2.99. The molecule has 3 rings (SSSR count). The maximum Gasteiger partial charge on any atom is 0.254 e. The molecule has 2 aliphatic carbocycles. The number of pyridine rings is 1. The highest BCUT2D eigenvalue weighted by molar-refractivity contribution is 5.99. The van der Waals surface area contributed by atoms with Crippen LogP contribution in [0.3, 0.4) is 0 Å². The Labute approximate surface area is 126 Å². The van der Waals surface area contributed by atoms with E-state index in [9.17, 15) is 4.79 Å². The van der Waals surface area contributed by atoms with Crippen molar-refractivity contribution in [1.29, 1.82) is 0 Å². The lowest BCUT2D eigenvalue weighted by atomic mass is 9.89. The van der Waals surface area contributed by atoms with Gasteiger partial charge in [-0.2, -0.15) is 0 Å². The lowest BCUT2D eigenvalue weighted by Gasteiger charge is -2.22. The maximum absolute atomic E-state index is 12.4. The highest BCUT2D eigenvalue weighted by Gasteiger charge is 2.39. The monoisotopic (exact) mass is 287 g/mol. The van der Waals surface area contributed by atoms with E-state index in [1.54, 1.807) is 6.20 Å². The first-order chi connectivity index (χ1) is 10.2. The Balaban J connectivity index is 1.62. The van der Waals surface area contributed by atoms with E-state index in [1.165, 1.54) is 25.7 Å². The van der Waals surface area contributed by atoms with E-state index in [0.717, 1.165) is 36.3 Å². The Hall–Kier alpha value is -1.58. The summed E-state index contributed by atoms with van der Waals surface area (Å²) in [6.45, 7) is 5.60. The van der Waals surface area contributed by atoms with Crippen LogP contribution >= 0.6 is 0 Å². The topological polar surface area (TPSA) is 54.0 Å². The lowest BCUT2D eigenvalue weighted by molar-refractivity contribution is 0.0942. The van der Waals surface area contributed by atoms with Crippen LogP contribution in [0, 0.1) is 24.7 Å². The molecule has 0 aliphatic heterocycles. The fourth-order valence-electron chi connectivity index (χ4n) is 4.02. The molecule has 2 saturated carbocycles. The minimum Gasteiger partial charge on any atom is -0.385 e. The lowest BCUT2D eigenvalue weighted by Crippen LogP contribution is -2.32. The molecule has 1 aromatic heterocycles. The quantitative estimate of drug-likeness (QED) is 0.875. The second-order valence-corrected chi connectivity index (χ2v) is 6.55. The Morgan fingerprint density at radius 3 is 2.90 bits per heavy atom. The molecule has 2 fully saturated rings. The van der Waals surface area contributed by atoms with Gasteiger partial charge in [-0.15, -0.1) is 0 Å². The van der Waals surface area contributed by atoms with Crippen LogP contribution in [0.4, 0.5) is 5.69 Å². The molecule has 2 N–H and O–H groups in total. The molecule has 4 nitrogen and oxygen atoms in total. The van der Waals surface area contributed by atoms with E-state index in [1.807, 2.05) is 19.9 Å². The summed E-state index contributed by atoms with van der Waals surface area (Å²) in [4.78, 5) is 16.7. The number of anilines is 1. The average Bonchev–Trinajstić information content (AvgIpc) is 3.08. The second-order valence-electron chi connectivity index (χ2n) is 6.55. The molecular weight excluding hydrogens is 262 g/mol. The molecular formula is C17H25N3O. The van der Waals surface area contributed by atoms with Crippen molar-refractivity contribution >= 4 is 11.6 Å². The molecule has 2 bridgehead atoms. The molecule has 0 saturated heterocycles. The van der Waals surface area contributed by atoms with Gasteiger partial charge in [0.05, 0.1) is 11.3 Å². The van der Waals surface area contributed by atoms with Gasteiger partial charge >= 0.3 is 0 Å². The third kappa shape index (κ3) is 3.04. The van der Waals surface area contributed by atoms with E-state index in [2.05, 4.69) is 15.6 Å². The van der Waals surface area contributed by atoms with Crippen LogP contribution in [-0.4, -0.2) is 24.0 Å². The summed E-state index contributed by atoms with van der Waals surface area (Å²) in [5.74, 6) is 2.46. The van der Waals surface area contributed by atoms with Gasteiger partial charge in [-0.3, -0.25) is 9.78 Å². The smallest absolute Gasteiger partial charge is 0.254 e. The Morgan fingerprint density at radius 1 is 1.38 bits per heavy atom. The number of hydrogen-bond acceptors (Lipinski definition) is 3. The first kappa shape index (κ1) is 14.4. The van der Waals surface area contributed by atoms with Crippen LogP contribution in [0.5, 0.6) is 0 Å². The van der Waals surface area contributed by atoms with Gasteiger partial charge in [0.1, 0.15) is 0 Å². The average molecular weight is 287 g/mol. The van der Waals surface area contributed by atoms with Crippen LogP contribution in [0.1, 0.15) is 48.7 Å². The number of carbonyl (C=O) groups excluding carboxylic acids is 1. The number of aromatic nitrogens is 1. The highest BCUT2D eigenvalue weighted by atomic mass is 16.1. The van der Waals surface area contributed by atoms with E-state index in [-0.39, 0.29) is 5.91 Å². The summed E-state index contributed by atoms with van der Waals surface area (Å²) in [6, 6.07) is 1.94. The molecule has 1 amide bonds. The number of aryl methyl sites for hydroxylation is 1. The molecule has 21 heavy (non-hydrogen) atoms. The number of amides is 1. The van der Waals surface area contributed by atoms with Crippen LogP contribution in [0.2, 0.25) is 0 Å². The maximum atomic E-state index is 12.4. The Morgan fingerprint density at radius 2 is 2.24 bits per heavy atom. The summed E-state index contributed by atoms with van der Waals surface area (Å²) in [5.41, 5.74) is 2.47. The molecule has 1 heterocycles. The Bertz CT molecular complexity index is 529. The number of nitrogens with zero attached hydrogens (tertiary/aromatic N) is 1. The fraction of sp³-hybridized carbons (Fsp3) is 0.647. The standard InChI is InChI=1S/C17H25N3O/c1-3-18-16-6-11(2)19-10-15(16)17(21)20-9-14-8-12-4-5-13(14)7-12/h6,10,12-14H,3-5,7-9H2,1-2H3,(H,18,19)(H,20,21). The molecule has 0 radical (unpaired) electrons. The number of rotatable bonds is 5. The van der Waals surface area contributed by atoms with Gasteiger partial charge < -0.3 is 10.6 Å². The SMILES string of the molecule is CCNc1cc(C)ncc1C(=O)NCC1CC2CCC1C2. The van der Waals surface area contributed by atoms with Crippen molar-refractivity contribution in [3.8, 4) is 0 Å². The summed E-state index contributed by atoms with van der Waals surface area (Å²) < 4.78 is 0. The number of nitrogens with one attached hydrogen (secondary N) is 2. The molecule has 2 aliphatic rings. The van der Waals surface area contributed by atoms with Crippen molar-refractivity contribution in [1.82, 2.24) is 10.3 Å². The van der Waals surface area contributed by atoms with Crippen molar-refractivity contribution in [3.63, 3.8) is 0 Å². The normalized spacial score (nSPS) is 26.9. The van der Waals surface area contributed by atoms with Gasteiger partial charge in [-0.05, 0) is 56.9 Å². The summed E-state index contributed by atoms with van der Waals surface area (Å²) in [5, 5.41) is 6.38. The van der Waals surface area contributed by atoms with Gasteiger partial charge in [0, 0.05) is 25.0 Å². The first-order valence-corrected chi connectivity index (χ1v) is 8.16. The second kappa shape index (κ2) is 6.04. The van der Waals surface area contributed by atoms with Gasteiger partial charge in [-0.25, -0.2) is 0 Å². The zero-order chi connectivity index (χ0) is 14.8. The molecule has 4 heteroatoms. The van der Waals surface area contributed by atoms with E-state index < -0.39 is 0 Å². The Kier molecular flexibility index (Phi) is 4.13.